The Morgan fingerprint density at radius 2 is 1.76 bits per heavy atom. The van der Waals surface area contributed by atoms with Crippen molar-refractivity contribution in [2.24, 2.45) is 0 Å². The largest absolute Gasteiger partial charge is 0.495 e. The van der Waals surface area contributed by atoms with Crippen LogP contribution < -0.4 is 15.4 Å². The van der Waals surface area contributed by atoms with Crippen molar-refractivity contribution >= 4 is 34.8 Å². The van der Waals surface area contributed by atoms with E-state index in [1.54, 1.807) is 24.3 Å². The van der Waals surface area contributed by atoms with Gasteiger partial charge in [0.1, 0.15) is 5.75 Å². The molecule has 0 aromatic heterocycles. The van der Waals surface area contributed by atoms with Gasteiger partial charge in [-0.2, -0.15) is 0 Å². The first-order valence-electron chi connectivity index (χ1n) is 8.52. The lowest BCUT2D eigenvalue weighted by Gasteiger charge is -2.10. The molecule has 0 radical (unpaired) electrons. The number of hydrogen-bond donors (Lipinski definition) is 2. The van der Waals surface area contributed by atoms with Crippen LogP contribution in [0.2, 0.25) is 0 Å². The molecule has 2 N–H and O–H groups in total. The first-order valence-corrected chi connectivity index (χ1v) is 8.52. The van der Waals surface area contributed by atoms with Gasteiger partial charge in [-0.3, -0.25) is 24.5 Å². The van der Waals surface area contributed by atoms with Crippen LogP contribution in [0.25, 0.3) is 0 Å². The monoisotopic (exact) mass is 401 g/mol. The Morgan fingerprint density at radius 3 is 2.48 bits per heavy atom. The number of hydrogen-bond acceptors (Lipinski definition) is 7. The molecule has 0 bridgehead atoms. The molecule has 0 spiro atoms. The normalized spacial score (nSPS) is 9.97. The fraction of sp³-hybridized carbons (Fsp3) is 0.211. The molecule has 2 rings (SSSR count). The van der Waals surface area contributed by atoms with Crippen molar-refractivity contribution in [3.8, 4) is 5.75 Å². The second kappa shape index (κ2) is 10.4. The standard InChI is InChI=1S/C19H19N3O7/c1-28-16-8-3-2-7-15(16)21-17(23)9-10-19(25)29-12-18(24)20-13-5-4-6-14(11-13)22(26)27/h2-8,11H,9-10,12H2,1H3,(H,20,24)(H,21,23). The van der Waals surface area contributed by atoms with Crippen LogP contribution in [0.15, 0.2) is 48.5 Å². The van der Waals surface area contributed by atoms with Gasteiger partial charge in [0.15, 0.2) is 6.61 Å². The quantitative estimate of drug-likeness (QED) is 0.374. The van der Waals surface area contributed by atoms with Crippen LogP contribution in [0.5, 0.6) is 5.75 Å². The fourth-order valence-corrected chi connectivity index (χ4v) is 2.29. The molecule has 0 aliphatic heterocycles. The van der Waals surface area contributed by atoms with Crippen molar-refractivity contribution in [1.29, 1.82) is 0 Å². The summed E-state index contributed by atoms with van der Waals surface area (Å²) in [5.41, 5.74) is 0.502. The van der Waals surface area contributed by atoms with E-state index in [1.165, 1.54) is 31.4 Å². The van der Waals surface area contributed by atoms with Gasteiger partial charge >= 0.3 is 5.97 Å². The molecule has 29 heavy (non-hydrogen) atoms. The van der Waals surface area contributed by atoms with Crippen LogP contribution in [0, 0.1) is 10.1 Å². The van der Waals surface area contributed by atoms with E-state index < -0.39 is 29.3 Å². The van der Waals surface area contributed by atoms with Crippen LogP contribution >= 0.6 is 0 Å². The predicted octanol–water partition coefficient (Wildman–Crippen LogP) is 2.50. The Bertz CT molecular complexity index is 914. The topological polar surface area (TPSA) is 137 Å². The number of para-hydroxylation sites is 2. The molecule has 0 atom stereocenters. The average molecular weight is 401 g/mol. The van der Waals surface area contributed by atoms with Crippen molar-refractivity contribution in [2.45, 2.75) is 12.8 Å². The molecular formula is C19H19N3O7. The van der Waals surface area contributed by atoms with Crippen LogP contribution in [-0.4, -0.2) is 36.4 Å². The molecule has 10 nitrogen and oxygen atoms in total. The van der Waals surface area contributed by atoms with E-state index in [0.29, 0.717) is 11.4 Å². The second-order valence-corrected chi connectivity index (χ2v) is 5.76. The van der Waals surface area contributed by atoms with Gasteiger partial charge in [-0.05, 0) is 18.2 Å². The van der Waals surface area contributed by atoms with E-state index in [1.807, 2.05) is 0 Å². The molecule has 0 aliphatic rings. The number of amides is 2. The number of nitrogens with zero attached hydrogens (tertiary/aromatic N) is 1. The van der Waals surface area contributed by atoms with Gasteiger partial charge in [-0.1, -0.05) is 18.2 Å². The minimum absolute atomic E-state index is 0.136. The lowest BCUT2D eigenvalue weighted by Crippen LogP contribution is -2.21. The maximum absolute atomic E-state index is 11.9. The summed E-state index contributed by atoms with van der Waals surface area (Å²) in [5.74, 6) is -1.31. The Labute approximate surface area is 166 Å². The second-order valence-electron chi connectivity index (χ2n) is 5.76. The third kappa shape index (κ3) is 6.94. The molecule has 0 saturated heterocycles. The summed E-state index contributed by atoms with van der Waals surface area (Å²) in [4.78, 5) is 45.6. The summed E-state index contributed by atoms with van der Waals surface area (Å²) in [6, 6.07) is 12.2. The van der Waals surface area contributed by atoms with E-state index in [9.17, 15) is 24.5 Å². The highest BCUT2D eigenvalue weighted by Gasteiger charge is 2.13. The van der Waals surface area contributed by atoms with E-state index in [0.717, 1.165) is 0 Å². The Balaban J connectivity index is 1.73. The minimum atomic E-state index is -0.727. The molecule has 2 aromatic rings. The fourth-order valence-electron chi connectivity index (χ4n) is 2.29. The van der Waals surface area contributed by atoms with Crippen LogP contribution in [0.4, 0.5) is 17.1 Å². The first kappa shape index (κ1) is 21.4. The molecule has 0 aliphatic carbocycles. The van der Waals surface area contributed by atoms with Crippen LogP contribution in [0.3, 0.4) is 0 Å². The Hall–Kier alpha value is -3.95. The summed E-state index contributed by atoms with van der Waals surface area (Å²) in [7, 11) is 1.47. The number of rotatable bonds is 9. The summed E-state index contributed by atoms with van der Waals surface area (Å²) in [5, 5.41) is 15.7. The van der Waals surface area contributed by atoms with Crippen LogP contribution in [0.1, 0.15) is 12.8 Å². The molecule has 0 heterocycles. The molecular weight excluding hydrogens is 382 g/mol. The number of ether oxygens (including phenoxy) is 2. The SMILES string of the molecule is COc1ccccc1NC(=O)CCC(=O)OCC(=O)Nc1cccc([N+](=O)[O-])c1. The number of carbonyl (C=O) groups is 3. The smallest absolute Gasteiger partial charge is 0.306 e. The first-order chi connectivity index (χ1) is 13.9. The van der Waals surface area contributed by atoms with Gasteiger partial charge in [0, 0.05) is 24.2 Å². The van der Waals surface area contributed by atoms with E-state index in [2.05, 4.69) is 10.6 Å². The lowest BCUT2D eigenvalue weighted by atomic mass is 10.2. The minimum Gasteiger partial charge on any atom is -0.495 e. The number of esters is 1. The number of benzene rings is 2. The Kier molecular flexibility index (Phi) is 7.66. The number of nitro groups is 1. The number of non-ortho nitro benzene ring substituents is 1. The summed E-state index contributed by atoms with van der Waals surface area (Å²) >= 11 is 0. The highest BCUT2D eigenvalue weighted by Crippen LogP contribution is 2.23. The maximum atomic E-state index is 11.9. The molecule has 2 amide bonds. The van der Waals surface area contributed by atoms with Crippen molar-refractivity contribution in [2.75, 3.05) is 24.4 Å². The van der Waals surface area contributed by atoms with Gasteiger partial charge < -0.3 is 20.1 Å². The zero-order chi connectivity index (χ0) is 21.2. The number of anilines is 2. The van der Waals surface area contributed by atoms with Crippen molar-refractivity contribution in [3.63, 3.8) is 0 Å². The molecule has 0 unspecified atom stereocenters. The maximum Gasteiger partial charge on any atom is 0.306 e. The number of nitrogens with one attached hydrogen (secondary N) is 2. The average Bonchev–Trinajstić information content (AvgIpc) is 2.71. The molecule has 10 heteroatoms. The highest BCUT2D eigenvalue weighted by atomic mass is 16.6. The van der Waals surface area contributed by atoms with Gasteiger partial charge in [-0.25, -0.2) is 0 Å². The zero-order valence-electron chi connectivity index (χ0n) is 15.5. The highest BCUT2D eigenvalue weighted by molar-refractivity contribution is 5.95. The van der Waals surface area contributed by atoms with Gasteiger partial charge in [0.05, 0.1) is 24.1 Å². The summed E-state index contributed by atoms with van der Waals surface area (Å²) < 4.78 is 9.93. The number of nitro benzene ring substituents is 1. The van der Waals surface area contributed by atoms with E-state index >= 15 is 0 Å². The molecule has 2 aromatic carbocycles. The predicted molar refractivity (Wildman–Crippen MR) is 104 cm³/mol. The lowest BCUT2D eigenvalue weighted by molar-refractivity contribution is -0.384. The number of carbonyl (C=O) groups excluding carboxylic acids is 3. The molecule has 0 fully saturated rings. The van der Waals surface area contributed by atoms with Crippen LogP contribution in [-0.2, 0) is 19.1 Å². The van der Waals surface area contributed by atoms with E-state index in [-0.39, 0.29) is 24.2 Å². The third-order valence-electron chi connectivity index (χ3n) is 3.64. The molecule has 0 saturated carbocycles. The van der Waals surface area contributed by atoms with Gasteiger partial charge in [-0.15, -0.1) is 0 Å². The van der Waals surface area contributed by atoms with Gasteiger partial charge in [0.2, 0.25) is 5.91 Å². The van der Waals surface area contributed by atoms with Crippen molar-refractivity contribution in [1.82, 2.24) is 0 Å². The molecule has 152 valence electrons. The van der Waals surface area contributed by atoms with Crippen molar-refractivity contribution < 1.29 is 28.8 Å². The number of methoxy groups -OCH3 is 1. The van der Waals surface area contributed by atoms with Gasteiger partial charge in [0.25, 0.3) is 11.6 Å². The Morgan fingerprint density at radius 1 is 1.00 bits per heavy atom. The van der Waals surface area contributed by atoms with Crippen molar-refractivity contribution in [3.05, 3.63) is 58.6 Å². The zero-order valence-corrected chi connectivity index (χ0v) is 15.5. The van der Waals surface area contributed by atoms with E-state index in [4.69, 9.17) is 9.47 Å². The summed E-state index contributed by atoms with van der Waals surface area (Å²) in [6.07, 6.45) is -0.353. The summed E-state index contributed by atoms with van der Waals surface area (Å²) in [6.45, 7) is -0.574. The third-order valence-corrected chi connectivity index (χ3v) is 3.64.